The van der Waals surface area contributed by atoms with Crippen LogP contribution in [0.15, 0.2) is 16.6 Å². The molecule has 0 spiro atoms. The van der Waals surface area contributed by atoms with Crippen molar-refractivity contribution in [3.8, 4) is 0 Å². The summed E-state index contributed by atoms with van der Waals surface area (Å²) in [5, 5.41) is 2.24. The third-order valence-corrected chi connectivity index (χ3v) is 7.32. The average molecular weight is 449 g/mol. The number of carbonyl (C=O) groups is 3. The third kappa shape index (κ3) is 4.83. The van der Waals surface area contributed by atoms with E-state index in [4.69, 9.17) is 0 Å². The summed E-state index contributed by atoms with van der Waals surface area (Å²) in [5.41, 5.74) is 6.21. The van der Waals surface area contributed by atoms with Crippen molar-refractivity contribution >= 4 is 46.4 Å². The van der Waals surface area contributed by atoms with Crippen LogP contribution < -0.4 is 0 Å². The van der Waals surface area contributed by atoms with Crippen LogP contribution in [-0.4, -0.2) is 39.0 Å². The van der Waals surface area contributed by atoms with Crippen molar-refractivity contribution in [1.29, 1.82) is 0 Å². The first-order valence-corrected chi connectivity index (χ1v) is 11.9. The number of rotatable bonds is 6. The summed E-state index contributed by atoms with van der Waals surface area (Å²) >= 11 is 3.28. The molecule has 0 bridgehead atoms. The number of allylic oxidation sites excluding steroid dienone is 1. The standard InChI is InChI=1S/C12H17NOS.C11H15NO2S/c1-7(10(4)14)11-8(2)12(15-6)13(5)9(11)3;1-6-9(10(14)8(3)13)7(2)12(4)11(6)15-5/h1H2,2-6H3;1-5H3. The highest BCUT2D eigenvalue weighted by Crippen LogP contribution is 2.32. The zero-order valence-corrected chi connectivity index (χ0v) is 21.3. The van der Waals surface area contributed by atoms with Gasteiger partial charge in [0.05, 0.1) is 15.6 Å². The molecule has 0 saturated heterocycles. The summed E-state index contributed by atoms with van der Waals surface area (Å²) in [5.74, 6) is -0.750. The van der Waals surface area contributed by atoms with Gasteiger partial charge in [-0.1, -0.05) is 6.58 Å². The first-order valence-electron chi connectivity index (χ1n) is 9.48. The Hall–Kier alpha value is -1.99. The van der Waals surface area contributed by atoms with Gasteiger partial charge in [0.15, 0.2) is 11.6 Å². The Balaban J connectivity index is 0.000000300. The van der Waals surface area contributed by atoms with Crippen LogP contribution in [0.2, 0.25) is 0 Å². The van der Waals surface area contributed by atoms with Crippen molar-refractivity contribution in [3.63, 3.8) is 0 Å². The fraction of sp³-hybridized carbons (Fsp3) is 0.435. The number of nitrogens with zero attached hydrogens (tertiary/aromatic N) is 2. The van der Waals surface area contributed by atoms with E-state index in [9.17, 15) is 14.4 Å². The normalized spacial score (nSPS) is 10.5. The van der Waals surface area contributed by atoms with Gasteiger partial charge in [0, 0.05) is 43.5 Å². The Morgan fingerprint density at radius 2 is 1.10 bits per heavy atom. The topological polar surface area (TPSA) is 61.1 Å². The highest BCUT2D eigenvalue weighted by atomic mass is 32.2. The average Bonchev–Trinajstić information content (AvgIpc) is 3.02. The van der Waals surface area contributed by atoms with E-state index in [1.807, 2.05) is 58.9 Å². The van der Waals surface area contributed by atoms with E-state index < -0.39 is 5.78 Å². The molecular formula is C23H32N2O3S2. The Kier molecular flexibility index (Phi) is 8.99. The molecule has 7 heteroatoms. The van der Waals surface area contributed by atoms with Gasteiger partial charge in [0.2, 0.25) is 5.78 Å². The molecule has 0 aliphatic carbocycles. The predicted molar refractivity (Wildman–Crippen MR) is 128 cm³/mol. The highest BCUT2D eigenvalue weighted by molar-refractivity contribution is 7.98. The molecule has 0 amide bonds. The monoisotopic (exact) mass is 448 g/mol. The van der Waals surface area contributed by atoms with E-state index >= 15 is 0 Å². The van der Waals surface area contributed by atoms with Gasteiger partial charge in [-0.2, -0.15) is 0 Å². The van der Waals surface area contributed by atoms with Gasteiger partial charge < -0.3 is 9.13 Å². The summed E-state index contributed by atoms with van der Waals surface area (Å²) in [7, 11) is 3.93. The van der Waals surface area contributed by atoms with Crippen molar-refractivity contribution in [1.82, 2.24) is 9.13 Å². The lowest BCUT2D eigenvalue weighted by Gasteiger charge is -2.03. The van der Waals surface area contributed by atoms with E-state index in [2.05, 4.69) is 11.1 Å². The number of carbonyl (C=O) groups excluding carboxylic acids is 3. The van der Waals surface area contributed by atoms with E-state index in [-0.39, 0.29) is 11.6 Å². The van der Waals surface area contributed by atoms with Crippen molar-refractivity contribution in [2.24, 2.45) is 14.1 Å². The molecule has 0 aliphatic heterocycles. The van der Waals surface area contributed by atoms with E-state index in [1.165, 1.54) is 11.9 Å². The smallest absolute Gasteiger partial charge is 0.230 e. The molecule has 2 aromatic rings. The summed E-state index contributed by atoms with van der Waals surface area (Å²) in [6, 6.07) is 0. The second-order valence-corrected chi connectivity index (χ2v) is 8.82. The lowest BCUT2D eigenvalue weighted by atomic mass is 10.0. The van der Waals surface area contributed by atoms with Crippen LogP contribution in [-0.2, 0) is 23.7 Å². The summed E-state index contributed by atoms with van der Waals surface area (Å²) in [4.78, 5) is 34.1. The van der Waals surface area contributed by atoms with Crippen LogP contribution in [0.25, 0.3) is 5.57 Å². The van der Waals surface area contributed by atoms with Gasteiger partial charge in [-0.15, -0.1) is 23.5 Å². The van der Waals surface area contributed by atoms with E-state index in [0.717, 1.165) is 33.1 Å². The van der Waals surface area contributed by atoms with E-state index in [0.29, 0.717) is 11.1 Å². The van der Waals surface area contributed by atoms with Crippen LogP contribution >= 0.6 is 23.5 Å². The molecule has 0 aliphatic rings. The zero-order chi connectivity index (χ0) is 23.5. The second-order valence-electron chi connectivity index (χ2n) is 7.23. The molecule has 0 fully saturated rings. The fourth-order valence-corrected chi connectivity index (χ4v) is 5.25. The van der Waals surface area contributed by atoms with Crippen LogP contribution in [0.4, 0.5) is 0 Å². The lowest BCUT2D eigenvalue weighted by molar-refractivity contribution is -0.113. The number of hydrogen-bond acceptors (Lipinski definition) is 5. The SMILES string of the molecule is C=C(C(C)=O)c1c(C)c(SC)n(C)c1C.CSc1c(C)c(C(=O)C(C)=O)c(C)n1C. The Morgan fingerprint density at radius 1 is 0.733 bits per heavy atom. The van der Waals surface area contributed by atoms with E-state index in [1.54, 1.807) is 30.4 Å². The third-order valence-electron chi connectivity index (χ3n) is 5.39. The van der Waals surface area contributed by atoms with Crippen molar-refractivity contribution < 1.29 is 14.4 Å². The molecule has 0 saturated carbocycles. The van der Waals surface area contributed by atoms with Crippen LogP contribution in [0, 0.1) is 27.7 Å². The number of thioether (sulfide) groups is 2. The molecule has 0 aromatic carbocycles. The first kappa shape index (κ1) is 26.0. The van der Waals surface area contributed by atoms with Crippen molar-refractivity contribution in [2.75, 3.05) is 12.5 Å². The molecule has 0 unspecified atom stereocenters. The lowest BCUT2D eigenvalue weighted by Crippen LogP contribution is -2.11. The zero-order valence-electron chi connectivity index (χ0n) is 19.6. The van der Waals surface area contributed by atoms with Gasteiger partial charge in [-0.05, 0) is 58.3 Å². The molecule has 30 heavy (non-hydrogen) atoms. The molecule has 5 nitrogen and oxygen atoms in total. The minimum absolute atomic E-state index is 0.0412. The maximum Gasteiger partial charge on any atom is 0.230 e. The minimum atomic E-state index is -0.403. The molecule has 2 heterocycles. The molecule has 164 valence electrons. The summed E-state index contributed by atoms with van der Waals surface area (Å²) in [6.45, 7) is 14.6. The molecule has 2 aromatic heterocycles. The number of ketones is 3. The Bertz CT molecular complexity index is 944. The predicted octanol–water partition coefficient (Wildman–Crippen LogP) is 5.10. The largest absolute Gasteiger partial charge is 0.342 e. The van der Waals surface area contributed by atoms with Gasteiger partial charge in [0.25, 0.3) is 0 Å². The summed E-state index contributed by atoms with van der Waals surface area (Å²) in [6.07, 6.45) is 4.01. The number of Topliss-reactive ketones (excluding diaryl/α,β-unsaturated/α-hetero) is 3. The van der Waals surface area contributed by atoms with Crippen LogP contribution in [0.3, 0.4) is 0 Å². The molecule has 2 rings (SSSR count). The van der Waals surface area contributed by atoms with Crippen LogP contribution in [0.5, 0.6) is 0 Å². The number of hydrogen-bond donors (Lipinski definition) is 0. The highest BCUT2D eigenvalue weighted by Gasteiger charge is 2.23. The van der Waals surface area contributed by atoms with Gasteiger partial charge >= 0.3 is 0 Å². The van der Waals surface area contributed by atoms with Crippen molar-refractivity contribution in [2.45, 2.75) is 51.6 Å². The minimum Gasteiger partial charge on any atom is -0.342 e. The first-order chi connectivity index (χ1) is 13.8. The maximum absolute atomic E-state index is 11.7. The maximum atomic E-state index is 11.7. The Morgan fingerprint density at radius 3 is 1.40 bits per heavy atom. The summed E-state index contributed by atoms with van der Waals surface area (Å²) < 4.78 is 4.07. The van der Waals surface area contributed by atoms with Crippen molar-refractivity contribution in [3.05, 3.63) is 40.2 Å². The molecule has 0 atom stereocenters. The molecular weight excluding hydrogens is 416 g/mol. The molecule has 0 radical (unpaired) electrons. The van der Waals surface area contributed by atoms with Gasteiger partial charge in [-0.25, -0.2) is 0 Å². The van der Waals surface area contributed by atoms with Crippen LogP contribution in [0.1, 0.15) is 52.3 Å². The second kappa shape index (κ2) is 10.4. The number of aromatic nitrogens is 2. The quantitative estimate of drug-likeness (QED) is 0.266. The Labute approximate surface area is 188 Å². The molecule has 0 N–H and O–H groups in total. The van der Waals surface area contributed by atoms with Gasteiger partial charge in [0.1, 0.15) is 0 Å². The van der Waals surface area contributed by atoms with Gasteiger partial charge in [-0.3, -0.25) is 14.4 Å². The fourth-order valence-electron chi connectivity index (χ4n) is 3.61.